The van der Waals surface area contributed by atoms with E-state index in [0.29, 0.717) is 53.9 Å². The Morgan fingerprint density at radius 3 is 2.17 bits per heavy atom. The number of anilines is 1. The molecule has 0 atom stereocenters. The largest absolute Gasteiger partial charge is 0.493 e. The van der Waals surface area contributed by atoms with Gasteiger partial charge in [0.15, 0.2) is 11.5 Å². The highest BCUT2D eigenvalue weighted by Gasteiger charge is 2.14. The average Bonchev–Trinajstić information content (AvgIpc) is 2.74. The average molecular weight is 413 g/mol. The summed E-state index contributed by atoms with van der Waals surface area (Å²) in [4.78, 5) is 26.8. The fourth-order valence-electron chi connectivity index (χ4n) is 2.93. The molecule has 30 heavy (non-hydrogen) atoms. The summed E-state index contributed by atoms with van der Waals surface area (Å²) in [5, 5.41) is 2.85. The molecule has 0 bridgehead atoms. The van der Waals surface area contributed by atoms with Gasteiger partial charge in [0, 0.05) is 29.9 Å². The van der Waals surface area contributed by atoms with Crippen LogP contribution in [0.2, 0.25) is 0 Å². The summed E-state index contributed by atoms with van der Waals surface area (Å²) in [5.74, 6) is 1.41. The Labute approximate surface area is 179 Å². The number of rotatable bonds is 10. The third kappa shape index (κ3) is 6.24. The van der Waals surface area contributed by atoms with E-state index in [2.05, 4.69) is 19.2 Å². The smallest absolute Gasteiger partial charge is 0.255 e. The summed E-state index contributed by atoms with van der Waals surface area (Å²) in [7, 11) is 1.55. The van der Waals surface area contributed by atoms with Gasteiger partial charge in [-0.2, -0.15) is 0 Å². The second-order valence-corrected chi connectivity index (χ2v) is 7.41. The molecule has 0 saturated heterocycles. The summed E-state index contributed by atoms with van der Waals surface area (Å²) in [6.07, 6.45) is 0.943. The SMILES string of the molecule is CCN(CC)C(=O)c1ccc(NC(=O)c2ccc(OCCC(C)C)c(OC)c2)cc1. The number of amides is 2. The van der Waals surface area contributed by atoms with E-state index in [1.54, 1.807) is 54.5 Å². The number of benzene rings is 2. The minimum atomic E-state index is -0.259. The zero-order chi connectivity index (χ0) is 22.1. The van der Waals surface area contributed by atoms with Crippen molar-refractivity contribution in [1.29, 1.82) is 0 Å². The molecule has 0 radical (unpaired) electrons. The highest BCUT2D eigenvalue weighted by molar-refractivity contribution is 6.05. The minimum Gasteiger partial charge on any atom is -0.493 e. The monoisotopic (exact) mass is 412 g/mol. The number of hydrogen-bond acceptors (Lipinski definition) is 4. The van der Waals surface area contributed by atoms with E-state index < -0.39 is 0 Å². The molecule has 0 fully saturated rings. The molecule has 0 aliphatic heterocycles. The molecule has 0 aliphatic rings. The third-order valence-electron chi connectivity index (χ3n) is 4.82. The van der Waals surface area contributed by atoms with E-state index in [0.717, 1.165) is 6.42 Å². The molecule has 6 nitrogen and oxygen atoms in total. The Hall–Kier alpha value is -3.02. The van der Waals surface area contributed by atoms with Crippen molar-refractivity contribution in [2.45, 2.75) is 34.1 Å². The van der Waals surface area contributed by atoms with Crippen LogP contribution in [0.4, 0.5) is 5.69 Å². The Morgan fingerprint density at radius 2 is 1.60 bits per heavy atom. The molecule has 2 rings (SSSR count). The first-order valence-corrected chi connectivity index (χ1v) is 10.4. The Kier molecular flexibility index (Phi) is 8.71. The van der Waals surface area contributed by atoms with Gasteiger partial charge in [0.1, 0.15) is 0 Å². The molecule has 2 aromatic carbocycles. The zero-order valence-corrected chi connectivity index (χ0v) is 18.5. The molecule has 0 unspecified atom stereocenters. The molecule has 1 N–H and O–H groups in total. The first kappa shape index (κ1) is 23.3. The summed E-state index contributed by atoms with van der Waals surface area (Å²) in [6, 6.07) is 12.0. The van der Waals surface area contributed by atoms with Crippen LogP contribution >= 0.6 is 0 Å². The van der Waals surface area contributed by atoms with Crippen LogP contribution in [0.5, 0.6) is 11.5 Å². The molecular weight excluding hydrogens is 380 g/mol. The van der Waals surface area contributed by atoms with Gasteiger partial charge in [-0.15, -0.1) is 0 Å². The lowest BCUT2D eigenvalue weighted by molar-refractivity contribution is 0.0773. The number of methoxy groups -OCH3 is 1. The zero-order valence-electron chi connectivity index (χ0n) is 18.5. The standard InChI is InChI=1S/C24H32N2O4/c1-6-26(7-2)24(28)18-8-11-20(12-9-18)25-23(27)19-10-13-21(22(16-19)29-5)30-15-14-17(3)4/h8-13,16-17H,6-7,14-15H2,1-5H3,(H,25,27). The van der Waals surface area contributed by atoms with Crippen LogP contribution < -0.4 is 14.8 Å². The van der Waals surface area contributed by atoms with E-state index in [1.165, 1.54) is 0 Å². The van der Waals surface area contributed by atoms with Crippen LogP contribution in [-0.2, 0) is 0 Å². The van der Waals surface area contributed by atoms with Crippen molar-refractivity contribution < 1.29 is 19.1 Å². The Bertz CT molecular complexity index is 843. The number of nitrogens with one attached hydrogen (secondary N) is 1. The van der Waals surface area contributed by atoms with E-state index in [-0.39, 0.29) is 11.8 Å². The summed E-state index contributed by atoms with van der Waals surface area (Å²) < 4.78 is 11.2. The Balaban J connectivity index is 2.05. The van der Waals surface area contributed by atoms with Gasteiger partial charge in [-0.05, 0) is 68.7 Å². The summed E-state index contributed by atoms with van der Waals surface area (Å²) in [6.45, 7) is 10.1. The van der Waals surface area contributed by atoms with Gasteiger partial charge in [0.05, 0.1) is 13.7 Å². The van der Waals surface area contributed by atoms with Crippen molar-refractivity contribution in [3.05, 3.63) is 53.6 Å². The Morgan fingerprint density at radius 1 is 0.967 bits per heavy atom. The van der Waals surface area contributed by atoms with Gasteiger partial charge in [-0.1, -0.05) is 13.8 Å². The van der Waals surface area contributed by atoms with E-state index >= 15 is 0 Å². The quantitative estimate of drug-likeness (QED) is 0.605. The number of ether oxygens (including phenoxy) is 2. The van der Waals surface area contributed by atoms with Crippen LogP contribution in [0.1, 0.15) is 54.8 Å². The number of carbonyl (C=O) groups is 2. The highest BCUT2D eigenvalue weighted by atomic mass is 16.5. The lowest BCUT2D eigenvalue weighted by Crippen LogP contribution is -2.30. The third-order valence-corrected chi connectivity index (χ3v) is 4.82. The van der Waals surface area contributed by atoms with Crippen LogP contribution in [0, 0.1) is 5.92 Å². The van der Waals surface area contributed by atoms with E-state index in [4.69, 9.17) is 9.47 Å². The maximum Gasteiger partial charge on any atom is 0.255 e. The second kappa shape index (κ2) is 11.2. The van der Waals surface area contributed by atoms with Crippen molar-refractivity contribution in [2.75, 3.05) is 32.1 Å². The van der Waals surface area contributed by atoms with Crippen molar-refractivity contribution in [2.24, 2.45) is 5.92 Å². The van der Waals surface area contributed by atoms with Gasteiger partial charge in [0.2, 0.25) is 0 Å². The van der Waals surface area contributed by atoms with Gasteiger partial charge >= 0.3 is 0 Å². The topological polar surface area (TPSA) is 67.9 Å². The lowest BCUT2D eigenvalue weighted by atomic mass is 10.1. The molecule has 6 heteroatoms. The second-order valence-electron chi connectivity index (χ2n) is 7.41. The highest BCUT2D eigenvalue weighted by Crippen LogP contribution is 2.29. The van der Waals surface area contributed by atoms with Crippen LogP contribution in [-0.4, -0.2) is 43.5 Å². The van der Waals surface area contributed by atoms with E-state index in [1.807, 2.05) is 13.8 Å². The molecular formula is C24H32N2O4. The van der Waals surface area contributed by atoms with Crippen molar-refractivity contribution >= 4 is 17.5 Å². The predicted molar refractivity (Wildman–Crippen MR) is 120 cm³/mol. The number of carbonyl (C=O) groups excluding carboxylic acids is 2. The molecule has 0 aromatic heterocycles. The van der Waals surface area contributed by atoms with Gasteiger partial charge < -0.3 is 19.7 Å². The van der Waals surface area contributed by atoms with Gasteiger partial charge in [-0.25, -0.2) is 0 Å². The maximum absolute atomic E-state index is 12.6. The molecule has 2 aromatic rings. The first-order chi connectivity index (χ1) is 14.4. The maximum atomic E-state index is 12.6. The molecule has 2 amide bonds. The molecule has 162 valence electrons. The van der Waals surface area contributed by atoms with Crippen molar-refractivity contribution in [3.8, 4) is 11.5 Å². The summed E-state index contributed by atoms with van der Waals surface area (Å²) >= 11 is 0. The normalized spacial score (nSPS) is 10.6. The van der Waals surface area contributed by atoms with Crippen molar-refractivity contribution in [1.82, 2.24) is 4.90 Å². The molecule has 0 spiro atoms. The van der Waals surface area contributed by atoms with Crippen LogP contribution in [0.15, 0.2) is 42.5 Å². The first-order valence-electron chi connectivity index (χ1n) is 10.4. The summed E-state index contributed by atoms with van der Waals surface area (Å²) in [5.41, 5.74) is 1.68. The minimum absolute atomic E-state index is 0.0179. The molecule has 0 saturated carbocycles. The van der Waals surface area contributed by atoms with Crippen molar-refractivity contribution in [3.63, 3.8) is 0 Å². The van der Waals surface area contributed by atoms with Crippen LogP contribution in [0.25, 0.3) is 0 Å². The fourth-order valence-corrected chi connectivity index (χ4v) is 2.93. The molecule has 0 heterocycles. The predicted octanol–water partition coefficient (Wildman–Crippen LogP) is 4.85. The number of hydrogen-bond donors (Lipinski definition) is 1. The van der Waals surface area contributed by atoms with E-state index in [9.17, 15) is 9.59 Å². The molecule has 0 aliphatic carbocycles. The van der Waals surface area contributed by atoms with Gasteiger partial charge in [0.25, 0.3) is 11.8 Å². The van der Waals surface area contributed by atoms with Crippen LogP contribution in [0.3, 0.4) is 0 Å². The van der Waals surface area contributed by atoms with Gasteiger partial charge in [-0.3, -0.25) is 9.59 Å². The number of nitrogens with zero attached hydrogens (tertiary/aromatic N) is 1. The lowest BCUT2D eigenvalue weighted by Gasteiger charge is -2.18. The fraction of sp³-hybridized carbons (Fsp3) is 0.417.